The molecule has 0 aliphatic heterocycles. The molecule has 1 aromatic carbocycles. The van der Waals surface area contributed by atoms with Crippen molar-refractivity contribution in [2.24, 2.45) is 5.92 Å². The van der Waals surface area contributed by atoms with Crippen LogP contribution < -0.4 is 0 Å². The molecule has 0 saturated heterocycles. The average Bonchev–Trinajstić information content (AvgIpc) is 2.45. The van der Waals surface area contributed by atoms with Crippen LogP contribution in [0.15, 0.2) is 24.3 Å². The molecular weight excluding hydrogens is 309 g/mol. The molecule has 1 aromatic rings. The Balaban J connectivity index is 2.17. The van der Waals surface area contributed by atoms with Crippen LogP contribution in [0.1, 0.15) is 50.0 Å². The monoisotopic (exact) mass is 332 g/mol. The van der Waals surface area contributed by atoms with Crippen molar-refractivity contribution in [3.63, 3.8) is 0 Å². The number of hydrogen-bond acceptors (Lipinski definition) is 1. The minimum Gasteiger partial charge on any atom is -0.324 e. The van der Waals surface area contributed by atoms with Crippen molar-refractivity contribution in [3.8, 4) is 0 Å². The Morgan fingerprint density at radius 2 is 1.91 bits per heavy atom. The van der Waals surface area contributed by atoms with Crippen LogP contribution in [-0.2, 0) is 4.57 Å². The summed E-state index contributed by atoms with van der Waals surface area (Å²) in [5.41, 5.74) is 0.475. The van der Waals surface area contributed by atoms with Gasteiger partial charge < -0.3 is 9.79 Å². The molecule has 22 heavy (non-hydrogen) atoms. The number of benzene rings is 1. The highest BCUT2D eigenvalue weighted by atomic mass is 31.2. The van der Waals surface area contributed by atoms with Crippen LogP contribution in [0.3, 0.4) is 0 Å². The third-order valence-electron chi connectivity index (χ3n) is 4.52. The molecular formula is C16H23F2O3P. The van der Waals surface area contributed by atoms with Crippen molar-refractivity contribution in [1.29, 1.82) is 0 Å². The van der Waals surface area contributed by atoms with Crippen LogP contribution in [0.4, 0.5) is 8.78 Å². The van der Waals surface area contributed by atoms with E-state index in [0.29, 0.717) is 24.8 Å². The topological polar surface area (TPSA) is 57.5 Å². The summed E-state index contributed by atoms with van der Waals surface area (Å²) in [6.45, 7) is 0. The van der Waals surface area contributed by atoms with Crippen molar-refractivity contribution in [2.75, 3.05) is 6.16 Å². The summed E-state index contributed by atoms with van der Waals surface area (Å²) < 4.78 is 39.4. The van der Waals surface area contributed by atoms with Crippen LogP contribution >= 0.6 is 7.60 Å². The van der Waals surface area contributed by atoms with E-state index >= 15 is 0 Å². The zero-order chi connectivity index (χ0) is 16.2. The van der Waals surface area contributed by atoms with E-state index in [2.05, 4.69) is 0 Å². The molecule has 0 amide bonds. The van der Waals surface area contributed by atoms with Crippen LogP contribution in [-0.4, -0.2) is 22.1 Å². The van der Waals surface area contributed by atoms with E-state index in [1.807, 2.05) is 0 Å². The van der Waals surface area contributed by atoms with Gasteiger partial charge in [-0.1, -0.05) is 31.0 Å². The summed E-state index contributed by atoms with van der Waals surface area (Å²) in [6, 6.07) is 6.35. The minimum absolute atomic E-state index is 0.234. The molecule has 0 heterocycles. The maximum absolute atomic E-state index is 14.3. The van der Waals surface area contributed by atoms with Crippen molar-refractivity contribution < 1.29 is 23.1 Å². The van der Waals surface area contributed by atoms with Gasteiger partial charge in [0.1, 0.15) is 12.0 Å². The lowest BCUT2D eigenvalue weighted by molar-refractivity contribution is 0.136. The first-order valence-corrected chi connectivity index (χ1v) is 9.61. The summed E-state index contributed by atoms with van der Waals surface area (Å²) in [4.78, 5) is 18.0. The van der Waals surface area contributed by atoms with E-state index in [9.17, 15) is 13.3 Å². The maximum atomic E-state index is 14.3. The number of rotatable bonds is 6. The molecule has 1 fully saturated rings. The Bertz CT molecular complexity index is 532. The molecule has 0 spiro atoms. The Morgan fingerprint density at radius 1 is 1.23 bits per heavy atom. The van der Waals surface area contributed by atoms with Gasteiger partial charge in [-0.25, -0.2) is 8.78 Å². The predicted octanol–water partition coefficient (Wildman–Crippen LogP) is 4.40. The molecule has 3 nitrogen and oxygen atoms in total. The van der Waals surface area contributed by atoms with Gasteiger partial charge in [0.2, 0.25) is 0 Å². The Kier molecular flexibility index (Phi) is 6.13. The normalized spacial score (nSPS) is 24.2. The fourth-order valence-electron chi connectivity index (χ4n) is 3.46. The van der Waals surface area contributed by atoms with Crippen molar-refractivity contribution >= 4 is 7.60 Å². The number of hydrogen-bond donors (Lipinski definition) is 2. The van der Waals surface area contributed by atoms with E-state index in [4.69, 9.17) is 9.79 Å². The molecule has 1 aliphatic carbocycles. The van der Waals surface area contributed by atoms with Gasteiger partial charge in [0.15, 0.2) is 0 Å². The first kappa shape index (κ1) is 17.6. The van der Waals surface area contributed by atoms with E-state index < -0.39 is 13.8 Å². The maximum Gasteiger partial charge on any atom is 0.325 e. The van der Waals surface area contributed by atoms with Gasteiger partial charge in [-0.3, -0.25) is 4.57 Å². The lowest BCUT2D eigenvalue weighted by Gasteiger charge is -2.33. The summed E-state index contributed by atoms with van der Waals surface area (Å²) >= 11 is 0. The van der Waals surface area contributed by atoms with Gasteiger partial charge >= 0.3 is 7.60 Å². The van der Waals surface area contributed by atoms with Crippen LogP contribution in [0.2, 0.25) is 0 Å². The third kappa shape index (κ3) is 4.87. The molecule has 1 aliphatic rings. The summed E-state index contributed by atoms with van der Waals surface area (Å²) in [5.74, 6) is -0.938. The largest absolute Gasteiger partial charge is 0.325 e. The first-order chi connectivity index (χ1) is 10.4. The molecule has 2 rings (SSSR count). The van der Waals surface area contributed by atoms with Crippen LogP contribution in [0.5, 0.6) is 0 Å². The number of halogens is 2. The Hall–Kier alpha value is -0.770. The lowest BCUT2D eigenvalue weighted by Crippen LogP contribution is -2.27. The Morgan fingerprint density at radius 3 is 2.55 bits per heavy atom. The second-order valence-electron chi connectivity index (χ2n) is 6.12. The van der Waals surface area contributed by atoms with Gasteiger partial charge in [0.25, 0.3) is 0 Å². The van der Waals surface area contributed by atoms with E-state index in [0.717, 1.165) is 12.8 Å². The smallest absolute Gasteiger partial charge is 0.324 e. The SMILES string of the molecule is O=P(O)(O)CCCC(c1ccccc1F)C1CCCCC1F. The predicted molar refractivity (Wildman–Crippen MR) is 82.1 cm³/mol. The van der Waals surface area contributed by atoms with Gasteiger partial charge in [0, 0.05) is 6.16 Å². The van der Waals surface area contributed by atoms with Gasteiger partial charge in [-0.05, 0) is 49.1 Å². The molecule has 3 atom stereocenters. The van der Waals surface area contributed by atoms with Crippen molar-refractivity contribution in [1.82, 2.24) is 0 Å². The quantitative estimate of drug-likeness (QED) is 0.759. The van der Waals surface area contributed by atoms with E-state index in [1.165, 1.54) is 6.07 Å². The van der Waals surface area contributed by atoms with Crippen LogP contribution in [0.25, 0.3) is 0 Å². The summed E-state index contributed by atoms with van der Waals surface area (Å²) in [5, 5.41) is 0. The molecule has 3 unspecified atom stereocenters. The Labute approximate surface area is 129 Å². The second kappa shape index (κ2) is 7.67. The third-order valence-corrected chi connectivity index (χ3v) is 5.42. The highest BCUT2D eigenvalue weighted by molar-refractivity contribution is 7.51. The van der Waals surface area contributed by atoms with Gasteiger partial charge in [0.05, 0.1) is 0 Å². The standard InChI is InChI=1S/C16H23F2O3P/c17-15-9-3-1-6-13(15)12(8-5-11-22(19,20)21)14-7-2-4-10-16(14)18/h1,3,6,9,12,14,16H,2,4-5,7-8,10-11H2,(H2,19,20,21). The molecule has 2 N–H and O–H groups in total. The van der Waals surface area contributed by atoms with Crippen molar-refractivity contribution in [2.45, 2.75) is 50.6 Å². The summed E-state index contributed by atoms with van der Waals surface area (Å²) in [6.07, 6.45) is 2.45. The zero-order valence-corrected chi connectivity index (χ0v) is 13.4. The second-order valence-corrected chi connectivity index (χ2v) is 7.90. The molecule has 124 valence electrons. The molecule has 0 radical (unpaired) electrons. The number of alkyl halides is 1. The van der Waals surface area contributed by atoms with E-state index in [-0.39, 0.29) is 30.2 Å². The highest BCUT2D eigenvalue weighted by Gasteiger charge is 2.34. The molecule has 0 bridgehead atoms. The van der Waals surface area contributed by atoms with Gasteiger partial charge in [-0.15, -0.1) is 0 Å². The minimum atomic E-state index is -4.07. The zero-order valence-electron chi connectivity index (χ0n) is 12.5. The fourth-order valence-corrected chi connectivity index (χ4v) is 4.06. The molecule has 6 heteroatoms. The average molecular weight is 332 g/mol. The van der Waals surface area contributed by atoms with E-state index in [1.54, 1.807) is 18.2 Å². The lowest BCUT2D eigenvalue weighted by atomic mass is 9.74. The van der Waals surface area contributed by atoms with Crippen LogP contribution in [0, 0.1) is 11.7 Å². The van der Waals surface area contributed by atoms with Crippen molar-refractivity contribution in [3.05, 3.63) is 35.6 Å². The first-order valence-electron chi connectivity index (χ1n) is 7.81. The molecule has 0 aromatic heterocycles. The highest BCUT2D eigenvalue weighted by Crippen LogP contribution is 2.43. The summed E-state index contributed by atoms with van der Waals surface area (Å²) in [7, 11) is -4.07. The fraction of sp³-hybridized carbons (Fsp3) is 0.625. The van der Waals surface area contributed by atoms with Gasteiger partial charge in [-0.2, -0.15) is 0 Å². The molecule has 1 saturated carbocycles.